The molecular formula is C19H21ClN2O4S. The number of rotatable bonds is 6. The van der Waals surface area contributed by atoms with E-state index in [0.29, 0.717) is 16.3 Å². The molecule has 2 aromatic rings. The highest BCUT2D eigenvalue weighted by Gasteiger charge is 2.31. The average Bonchev–Trinajstić information content (AvgIpc) is 2.70. The fourth-order valence-electron chi connectivity index (χ4n) is 2.99. The van der Waals surface area contributed by atoms with Crippen LogP contribution in [0.1, 0.15) is 12.0 Å². The number of alkyl carbamates (subject to hydrolysis) is 1. The van der Waals surface area contributed by atoms with Gasteiger partial charge >= 0.3 is 6.09 Å². The Balaban J connectivity index is 1.83. The summed E-state index contributed by atoms with van der Waals surface area (Å²) in [5.41, 5.74) is 1.99. The Morgan fingerprint density at radius 1 is 1.26 bits per heavy atom. The van der Waals surface area contributed by atoms with Crippen molar-refractivity contribution in [2.45, 2.75) is 23.8 Å². The number of amides is 1. The third kappa shape index (κ3) is 4.80. The third-order valence-corrected chi connectivity index (χ3v) is 6.07. The summed E-state index contributed by atoms with van der Waals surface area (Å²) in [6.07, 6.45) is 0.931. The van der Waals surface area contributed by atoms with E-state index in [2.05, 4.69) is 5.32 Å². The molecule has 144 valence electrons. The number of para-hydroxylation sites is 1. The maximum absolute atomic E-state index is 13.3. The molecule has 0 fully saturated rings. The highest BCUT2D eigenvalue weighted by atomic mass is 35.5. The highest BCUT2D eigenvalue weighted by molar-refractivity contribution is 7.86. The number of aliphatic hydroxyl groups is 1. The first kappa shape index (κ1) is 19.7. The Bertz CT molecular complexity index is 816. The minimum absolute atomic E-state index is 0.102. The van der Waals surface area contributed by atoms with Crippen molar-refractivity contribution in [2.75, 3.05) is 24.1 Å². The van der Waals surface area contributed by atoms with Gasteiger partial charge in [0.05, 0.1) is 23.2 Å². The Morgan fingerprint density at radius 3 is 2.74 bits per heavy atom. The number of nitrogens with zero attached hydrogens (tertiary/aromatic N) is 1. The van der Waals surface area contributed by atoms with E-state index in [1.54, 1.807) is 28.6 Å². The molecule has 0 bridgehead atoms. The van der Waals surface area contributed by atoms with Crippen LogP contribution < -0.4 is 9.62 Å². The summed E-state index contributed by atoms with van der Waals surface area (Å²) in [6, 6.07) is 14.5. The first-order valence-electron chi connectivity index (χ1n) is 8.66. The molecule has 2 aromatic carbocycles. The minimum Gasteiger partial charge on any atom is -0.447 e. The van der Waals surface area contributed by atoms with Gasteiger partial charge in [-0.15, -0.1) is 0 Å². The lowest BCUT2D eigenvalue weighted by atomic mass is 9.98. The van der Waals surface area contributed by atoms with Crippen molar-refractivity contribution >= 4 is 34.4 Å². The van der Waals surface area contributed by atoms with Crippen LogP contribution in [-0.2, 0) is 22.1 Å². The molecule has 1 heterocycles. The fourth-order valence-corrected chi connectivity index (χ4v) is 4.51. The van der Waals surface area contributed by atoms with Crippen LogP contribution in [0, 0.1) is 0 Å². The number of ether oxygens (including phenoxy) is 1. The zero-order valence-corrected chi connectivity index (χ0v) is 16.2. The highest BCUT2D eigenvalue weighted by Crippen LogP contribution is 2.34. The Morgan fingerprint density at radius 2 is 2.00 bits per heavy atom. The molecule has 1 amide bonds. The van der Waals surface area contributed by atoms with Crippen LogP contribution in [0.2, 0.25) is 5.02 Å². The van der Waals surface area contributed by atoms with Gasteiger partial charge < -0.3 is 15.2 Å². The number of aryl methyl sites for hydroxylation is 1. The summed E-state index contributed by atoms with van der Waals surface area (Å²) in [6.45, 7) is 0.0797. The summed E-state index contributed by atoms with van der Waals surface area (Å²) in [4.78, 5) is 12.4. The normalized spacial score (nSPS) is 17.1. The molecule has 1 aliphatic rings. The fraction of sp³-hybridized carbons (Fsp3) is 0.316. The molecule has 0 saturated heterocycles. The van der Waals surface area contributed by atoms with Gasteiger partial charge in [0.25, 0.3) is 0 Å². The van der Waals surface area contributed by atoms with Crippen molar-refractivity contribution in [2.24, 2.45) is 0 Å². The van der Waals surface area contributed by atoms with Crippen molar-refractivity contribution in [3.05, 3.63) is 59.1 Å². The van der Waals surface area contributed by atoms with Gasteiger partial charge in [0, 0.05) is 11.6 Å². The smallest absolute Gasteiger partial charge is 0.407 e. The second-order valence-corrected chi connectivity index (χ2v) is 7.90. The molecule has 8 heteroatoms. The maximum Gasteiger partial charge on any atom is 0.407 e. The number of carbonyl (C=O) groups excluding carboxylic acids is 1. The van der Waals surface area contributed by atoms with Gasteiger partial charge in [-0.25, -0.2) is 9.00 Å². The number of anilines is 1. The van der Waals surface area contributed by atoms with Crippen LogP contribution in [0.5, 0.6) is 0 Å². The molecule has 1 aliphatic heterocycles. The number of halogens is 1. The summed E-state index contributed by atoms with van der Waals surface area (Å²) in [5, 5.41) is 11.8. The van der Waals surface area contributed by atoms with E-state index < -0.39 is 17.1 Å². The molecule has 2 unspecified atom stereocenters. The van der Waals surface area contributed by atoms with Gasteiger partial charge in [0.1, 0.15) is 6.61 Å². The van der Waals surface area contributed by atoms with E-state index in [-0.39, 0.29) is 25.8 Å². The van der Waals surface area contributed by atoms with Crippen molar-refractivity contribution in [1.82, 2.24) is 5.32 Å². The van der Waals surface area contributed by atoms with Crippen LogP contribution in [0.15, 0.2) is 53.4 Å². The van der Waals surface area contributed by atoms with Gasteiger partial charge in [0.15, 0.2) is 11.0 Å². The van der Waals surface area contributed by atoms with Crippen LogP contribution in [0.3, 0.4) is 0 Å². The number of hydrogen-bond acceptors (Lipinski definition) is 4. The van der Waals surface area contributed by atoms with Crippen molar-refractivity contribution in [3.63, 3.8) is 0 Å². The molecule has 2 atom stereocenters. The number of fused-ring (bicyclic) bond motifs is 1. The Labute approximate surface area is 165 Å². The van der Waals surface area contributed by atoms with Crippen molar-refractivity contribution in [1.29, 1.82) is 0 Å². The van der Waals surface area contributed by atoms with Gasteiger partial charge in [-0.05, 0) is 48.7 Å². The molecule has 0 radical (unpaired) electrons. The minimum atomic E-state index is -1.47. The van der Waals surface area contributed by atoms with Gasteiger partial charge in [-0.1, -0.05) is 29.8 Å². The van der Waals surface area contributed by atoms with E-state index in [1.807, 2.05) is 24.3 Å². The van der Waals surface area contributed by atoms with Crippen LogP contribution in [0.4, 0.5) is 10.5 Å². The standard InChI is InChI=1S/C19H21ClN2O4S/c20-15-6-9-17(10-7-15)27(25)22-16(13-26-19(24)21-11-12-23)8-5-14-3-1-2-4-18(14)22/h1-4,6-7,9-10,16,23H,5,8,11-13H2,(H,21,24). The van der Waals surface area contributed by atoms with Gasteiger partial charge in [0.2, 0.25) is 0 Å². The zero-order valence-electron chi connectivity index (χ0n) is 14.6. The molecule has 0 spiro atoms. The van der Waals surface area contributed by atoms with Gasteiger partial charge in [-0.3, -0.25) is 4.31 Å². The van der Waals surface area contributed by atoms with Crippen LogP contribution >= 0.6 is 11.6 Å². The number of nitrogens with one attached hydrogen (secondary N) is 1. The summed E-state index contributed by atoms with van der Waals surface area (Å²) in [5.74, 6) is 0. The van der Waals surface area contributed by atoms with Crippen molar-refractivity contribution in [3.8, 4) is 0 Å². The first-order chi connectivity index (χ1) is 13.1. The maximum atomic E-state index is 13.3. The largest absolute Gasteiger partial charge is 0.447 e. The van der Waals surface area contributed by atoms with E-state index in [4.69, 9.17) is 21.4 Å². The molecule has 27 heavy (non-hydrogen) atoms. The van der Waals surface area contributed by atoms with Crippen molar-refractivity contribution < 1.29 is 18.8 Å². The predicted molar refractivity (Wildman–Crippen MR) is 105 cm³/mol. The quantitative estimate of drug-likeness (QED) is 0.770. The summed E-state index contributed by atoms with van der Waals surface area (Å²) < 4.78 is 20.4. The molecule has 0 aromatic heterocycles. The molecule has 6 nitrogen and oxygen atoms in total. The second kappa shape index (κ2) is 9.21. The molecule has 2 N–H and O–H groups in total. The van der Waals surface area contributed by atoms with E-state index in [1.165, 1.54) is 0 Å². The van der Waals surface area contributed by atoms with E-state index >= 15 is 0 Å². The zero-order chi connectivity index (χ0) is 19.2. The van der Waals surface area contributed by atoms with Crippen LogP contribution in [-0.4, -0.2) is 41.2 Å². The first-order valence-corrected chi connectivity index (χ1v) is 10.1. The Hall–Kier alpha value is -2.09. The Kier molecular flexibility index (Phi) is 6.71. The predicted octanol–water partition coefficient (Wildman–Crippen LogP) is 2.90. The van der Waals surface area contributed by atoms with Gasteiger partial charge in [-0.2, -0.15) is 0 Å². The molecule has 0 saturated carbocycles. The number of aliphatic hydroxyl groups excluding tert-OH is 1. The summed E-state index contributed by atoms with van der Waals surface area (Å²) in [7, 11) is -1.47. The lowest BCUT2D eigenvalue weighted by Gasteiger charge is -2.37. The number of benzene rings is 2. The molecular weight excluding hydrogens is 388 g/mol. The lowest BCUT2D eigenvalue weighted by molar-refractivity contribution is 0.135. The van der Waals surface area contributed by atoms with Crippen LogP contribution in [0.25, 0.3) is 0 Å². The second-order valence-electron chi connectivity index (χ2n) is 6.10. The SMILES string of the molecule is O=C(NCCO)OCC1CCc2ccccc2N1S(=O)c1ccc(Cl)cc1. The third-order valence-electron chi connectivity index (χ3n) is 4.29. The number of hydrogen-bond donors (Lipinski definition) is 2. The van der Waals surface area contributed by atoms with E-state index in [0.717, 1.165) is 17.7 Å². The molecule has 3 rings (SSSR count). The average molecular weight is 409 g/mol. The summed E-state index contributed by atoms with van der Waals surface area (Å²) >= 11 is 5.94. The monoisotopic (exact) mass is 408 g/mol. The van der Waals surface area contributed by atoms with E-state index in [9.17, 15) is 9.00 Å². The molecule has 0 aliphatic carbocycles. The topological polar surface area (TPSA) is 78.9 Å². The number of carbonyl (C=O) groups is 1. The lowest BCUT2D eigenvalue weighted by Crippen LogP contribution is -2.44.